The smallest absolute Gasteiger partial charge is 0.262 e. The highest BCUT2D eigenvalue weighted by Crippen LogP contribution is 2.37. The second-order valence-electron chi connectivity index (χ2n) is 5.47. The molecule has 1 unspecified atom stereocenters. The molecule has 3 saturated heterocycles. The summed E-state index contributed by atoms with van der Waals surface area (Å²) < 4.78 is 1.00. The lowest BCUT2D eigenvalue weighted by Gasteiger charge is -2.52. The minimum atomic E-state index is -0.144. The number of nitrogens with one attached hydrogen (secondary N) is 1. The monoisotopic (exact) mass is 328 g/mol. The van der Waals surface area contributed by atoms with Gasteiger partial charge in [-0.25, -0.2) is 0 Å². The summed E-state index contributed by atoms with van der Waals surface area (Å²) in [5, 5.41) is 3.23. The van der Waals surface area contributed by atoms with Crippen LogP contribution < -0.4 is 5.32 Å². The Morgan fingerprint density at radius 2 is 2.22 bits per heavy atom. The number of hydrogen-bond acceptors (Lipinski definition) is 3. The minimum absolute atomic E-state index is 0.0563. The lowest BCUT2D eigenvalue weighted by molar-refractivity contribution is -0.0346. The number of nitrogens with zero attached hydrogens (tertiary/aromatic N) is 1. The van der Waals surface area contributed by atoms with E-state index in [1.807, 2.05) is 12.1 Å². The van der Waals surface area contributed by atoms with E-state index in [4.69, 9.17) is 0 Å². The highest BCUT2D eigenvalue weighted by Gasteiger charge is 2.43. The van der Waals surface area contributed by atoms with Gasteiger partial charge in [-0.15, -0.1) is 11.3 Å². The van der Waals surface area contributed by atoms with E-state index in [0.29, 0.717) is 0 Å². The molecule has 3 aliphatic heterocycles. The van der Waals surface area contributed by atoms with Gasteiger partial charge in [0.1, 0.15) is 0 Å². The normalized spacial score (nSPS) is 34.6. The fourth-order valence-electron chi connectivity index (χ4n) is 3.19. The predicted molar refractivity (Wildman–Crippen MR) is 76.8 cm³/mol. The van der Waals surface area contributed by atoms with Crippen LogP contribution >= 0.6 is 27.3 Å². The molecule has 98 valence electrons. The van der Waals surface area contributed by atoms with Crippen LogP contribution in [0.1, 0.15) is 35.9 Å². The van der Waals surface area contributed by atoms with E-state index in [1.165, 1.54) is 24.2 Å². The summed E-state index contributed by atoms with van der Waals surface area (Å²) in [6, 6.07) is 3.80. The lowest BCUT2D eigenvalue weighted by Crippen LogP contribution is -2.65. The Morgan fingerprint density at radius 1 is 1.50 bits per heavy atom. The van der Waals surface area contributed by atoms with Crippen LogP contribution in [0.3, 0.4) is 0 Å². The second kappa shape index (κ2) is 4.62. The molecule has 1 atom stereocenters. The molecular formula is C13H17BrN2OS. The van der Waals surface area contributed by atoms with E-state index in [9.17, 15) is 4.79 Å². The quantitative estimate of drug-likeness (QED) is 0.904. The maximum absolute atomic E-state index is 12.3. The van der Waals surface area contributed by atoms with Gasteiger partial charge in [-0.1, -0.05) is 0 Å². The average Bonchev–Trinajstić information content (AvgIpc) is 2.76. The van der Waals surface area contributed by atoms with Crippen LogP contribution in [-0.4, -0.2) is 29.6 Å². The molecule has 0 saturated carbocycles. The van der Waals surface area contributed by atoms with Crippen molar-refractivity contribution in [1.82, 2.24) is 10.2 Å². The van der Waals surface area contributed by atoms with E-state index in [2.05, 4.69) is 33.1 Å². The molecule has 1 aromatic heterocycles. The van der Waals surface area contributed by atoms with Crippen molar-refractivity contribution < 1.29 is 4.79 Å². The minimum Gasteiger partial charge on any atom is -0.333 e. The Kier molecular flexibility index (Phi) is 3.24. The van der Waals surface area contributed by atoms with Crippen molar-refractivity contribution in [3.8, 4) is 0 Å². The number of piperidine rings is 3. The molecule has 3 nitrogen and oxygen atoms in total. The van der Waals surface area contributed by atoms with Gasteiger partial charge in [0.25, 0.3) is 5.91 Å². The van der Waals surface area contributed by atoms with Crippen LogP contribution in [0.4, 0.5) is 0 Å². The molecule has 4 rings (SSSR count). The molecule has 0 spiro atoms. The molecule has 0 aromatic carbocycles. The van der Waals surface area contributed by atoms with Crippen molar-refractivity contribution in [3.05, 3.63) is 20.8 Å². The van der Waals surface area contributed by atoms with Gasteiger partial charge in [0.2, 0.25) is 0 Å². The third-order valence-electron chi connectivity index (χ3n) is 4.18. The molecule has 18 heavy (non-hydrogen) atoms. The van der Waals surface area contributed by atoms with Gasteiger partial charge in [0.15, 0.2) is 0 Å². The summed E-state index contributed by atoms with van der Waals surface area (Å²) in [5.74, 6) is 0.844. The highest BCUT2D eigenvalue weighted by molar-refractivity contribution is 9.11. The van der Waals surface area contributed by atoms with E-state index < -0.39 is 0 Å². The Morgan fingerprint density at radius 3 is 2.72 bits per heavy atom. The Balaban J connectivity index is 1.74. The zero-order chi connectivity index (χ0) is 12.8. The zero-order valence-corrected chi connectivity index (χ0v) is 12.8. The first-order valence-electron chi connectivity index (χ1n) is 6.40. The first kappa shape index (κ1) is 12.6. The summed E-state index contributed by atoms with van der Waals surface area (Å²) >= 11 is 4.89. The maximum atomic E-state index is 12.3. The Bertz CT molecular complexity index is 467. The van der Waals surface area contributed by atoms with Crippen LogP contribution in [-0.2, 0) is 0 Å². The zero-order valence-electron chi connectivity index (χ0n) is 10.4. The first-order valence-corrected chi connectivity index (χ1v) is 8.01. The molecule has 5 heteroatoms. The molecule has 3 aliphatic rings. The molecule has 0 aliphatic carbocycles. The molecule has 4 heterocycles. The van der Waals surface area contributed by atoms with E-state index in [0.717, 1.165) is 34.1 Å². The van der Waals surface area contributed by atoms with Gasteiger partial charge in [0, 0.05) is 13.1 Å². The van der Waals surface area contributed by atoms with Crippen molar-refractivity contribution in [2.75, 3.05) is 13.1 Å². The van der Waals surface area contributed by atoms with E-state index >= 15 is 0 Å². The summed E-state index contributed by atoms with van der Waals surface area (Å²) in [6.07, 6.45) is 3.66. The summed E-state index contributed by atoms with van der Waals surface area (Å²) in [7, 11) is 0. The number of fused-ring (bicyclic) bond motifs is 3. The van der Waals surface area contributed by atoms with Crippen LogP contribution in [0.5, 0.6) is 0 Å². The van der Waals surface area contributed by atoms with Crippen LogP contribution in [0.2, 0.25) is 0 Å². The molecular weight excluding hydrogens is 312 g/mol. The largest absolute Gasteiger partial charge is 0.333 e. The number of halogens is 1. The van der Waals surface area contributed by atoms with Crippen molar-refractivity contribution in [1.29, 1.82) is 0 Å². The number of amides is 1. The van der Waals surface area contributed by atoms with Gasteiger partial charge >= 0.3 is 0 Å². The fourth-order valence-corrected chi connectivity index (χ4v) is 4.48. The summed E-state index contributed by atoms with van der Waals surface area (Å²) in [4.78, 5) is 15.5. The number of rotatable bonds is 2. The molecule has 1 N–H and O–H groups in total. The topological polar surface area (TPSA) is 32.3 Å². The number of carbonyl (C=O) groups excluding carboxylic acids is 1. The first-order chi connectivity index (χ1) is 8.57. The molecule has 1 amide bonds. The third-order valence-corrected chi connectivity index (χ3v) is 5.80. The summed E-state index contributed by atoms with van der Waals surface area (Å²) in [5.41, 5.74) is -0.144. The predicted octanol–water partition coefficient (Wildman–Crippen LogP) is 3.07. The molecule has 1 aromatic rings. The van der Waals surface area contributed by atoms with Crippen molar-refractivity contribution in [3.63, 3.8) is 0 Å². The standard InChI is InChI=1S/C13H17BrN2OS/c1-13(8-9-4-6-16(13)7-5-9)15-12(17)10-2-3-11(14)18-10/h2-3,9H,4-8H2,1H3,(H,15,17). The van der Waals surface area contributed by atoms with Crippen LogP contribution in [0, 0.1) is 5.92 Å². The number of hydrogen-bond donors (Lipinski definition) is 1. The van der Waals surface area contributed by atoms with Crippen LogP contribution in [0.25, 0.3) is 0 Å². The van der Waals surface area contributed by atoms with Crippen LogP contribution in [0.15, 0.2) is 15.9 Å². The van der Waals surface area contributed by atoms with E-state index in [-0.39, 0.29) is 11.6 Å². The van der Waals surface area contributed by atoms with Gasteiger partial charge in [0.05, 0.1) is 14.3 Å². The number of carbonyl (C=O) groups is 1. The third kappa shape index (κ3) is 2.24. The van der Waals surface area contributed by atoms with Gasteiger partial charge in [-0.2, -0.15) is 0 Å². The van der Waals surface area contributed by atoms with Crippen molar-refractivity contribution in [2.24, 2.45) is 5.92 Å². The Labute approximate surface area is 120 Å². The molecule has 2 bridgehead atoms. The maximum Gasteiger partial charge on any atom is 0.262 e. The van der Waals surface area contributed by atoms with Crippen molar-refractivity contribution >= 4 is 33.2 Å². The lowest BCUT2D eigenvalue weighted by atomic mass is 9.80. The van der Waals surface area contributed by atoms with Gasteiger partial charge < -0.3 is 5.32 Å². The highest BCUT2D eigenvalue weighted by atomic mass is 79.9. The SMILES string of the molecule is CC1(NC(=O)c2ccc(Br)s2)CC2CCN1CC2. The Hall–Kier alpha value is -0.390. The summed E-state index contributed by atoms with van der Waals surface area (Å²) in [6.45, 7) is 4.41. The number of thiophene rings is 1. The molecule has 3 fully saturated rings. The van der Waals surface area contributed by atoms with Gasteiger partial charge in [-0.05, 0) is 60.2 Å². The van der Waals surface area contributed by atoms with Gasteiger partial charge in [-0.3, -0.25) is 9.69 Å². The molecule has 0 radical (unpaired) electrons. The van der Waals surface area contributed by atoms with E-state index in [1.54, 1.807) is 0 Å². The second-order valence-corrected chi connectivity index (χ2v) is 7.93. The van der Waals surface area contributed by atoms with Crippen molar-refractivity contribution in [2.45, 2.75) is 31.8 Å². The fraction of sp³-hybridized carbons (Fsp3) is 0.615. The average molecular weight is 329 g/mol.